The maximum Gasteiger partial charge on any atom is 0.0851 e. The van der Waals surface area contributed by atoms with Crippen LogP contribution in [0.25, 0.3) is 0 Å². The number of aryl methyl sites for hydroxylation is 2. The molecule has 0 saturated heterocycles. The van der Waals surface area contributed by atoms with E-state index in [0.29, 0.717) is 5.92 Å². The van der Waals surface area contributed by atoms with Crippen LogP contribution in [-0.4, -0.2) is 14.9 Å². The Morgan fingerprint density at radius 2 is 2.11 bits per heavy atom. The molecule has 4 unspecified atom stereocenters. The first-order valence-electron chi connectivity index (χ1n) is 7.23. The van der Waals surface area contributed by atoms with Gasteiger partial charge in [-0.3, -0.25) is 4.68 Å². The number of aliphatic hydroxyl groups is 1. The zero-order chi connectivity index (χ0) is 13.3. The lowest BCUT2D eigenvalue weighted by molar-refractivity contribution is 0.0555. The molecule has 0 aliphatic heterocycles. The van der Waals surface area contributed by atoms with Crippen LogP contribution in [-0.2, 0) is 13.5 Å². The fourth-order valence-electron chi connectivity index (χ4n) is 3.20. The van der Waals surface area contributed by atoms with Crippen molar-refractivity contribution < 1.29 is 5.11 Å². The van der Waals surface area contributed by atoms with Gasteiger partial charge in [0, 0.05) is 18.8 Å². The summed E-state index contributed by atoms with van der Waals surface area (Å²) < 4.78 is 1.83. The molecule has 4 atom stereocenters. The second-order valence-electron chi connectivity index (χ2n) is 6.03. The van der Waals surface area contributed by atoms with Gasteiger partial charge in [-0.25, -0.2) is 0 Å². The van der Waals surface area contributed by atoms with E-state index in [1.807, 2.05) is 17.9 Å². The molecule has 1 aromatic rings. The Morgan fingerprint density at radius 1 is 1.39 bits per heavy atom. The fourth-order valence-corrected chi connectivity index (χ4v) is 3.20. The van der Waals surface area contributed by atoms with Crippen LogP contribution >= 0.6 is 0 Å². The highest BCUT2D eigenvalue weighted by molar-refractivity contribution is 5.20. The van der Waals surface area contributed by atoms with Crippen molar-refractivity contribution >= 4 is 0 Å². The van der Waals surface area contributed by atoms with Gasteiger partial charge in [0.15, 0.2) is 0 Å². The number of aromatic nitrogens is 2. The van der Waals surface area contributed by atoms with Gasteiger partial charge in [0.05, 0.1) is 11.8 Å². The molecule has 0 radical (unpaired) electrons. The van der Waals surface area contributed by atoms with Crippen LogP contribution in [0.3, 0.4) is 0 Å². The maximum atomic E-state index is 10.6. The molecule has 0 amide bonds. The summed E-state index contributed by atoms with van der Waals surface area (Å²) in [5.41, 5.74) is 2.10. The van der Waals surface area contributed by atoms with E-state index in [1.54, 1.807) is 0 Å². The van der Waals surface area contributed by atoms with Crippen LogP contribution < -0.4 is 0 Å². The number of hydrogen-bond acceptors (Lipinski definition) is 2. The molecule has 1 aromatic heterocycles. The van der Waals surface area contributed by atoms with Crippen LogP contribution in [0.5, 0.6) is 0 Å². The molecular weight excluding hydrogens is 224 g/mol. The third-order valence-electron chi connectivity index (χ3n) is 4.68. The largest absolute Gasteiger partial charge is 0.388 e. The Labute approximate surface area is 110 Å². The van der Waals surface area contributed by atoms with E-state index in [-0.39, 0.29) is 6.10 Å². The van der Waals surface area contributed by atoms with Crippen LogP contribution in [0.4, 0.5) is 0 Å². The molecular formula is C15H26N2O. The van der Waals surface area contributed by atoms with Crippen LogP contribution in [0.1, 0.15) is 57.4 Å². The van der Waals surface area contributed by atoms with E-state index in [0.717, 1.165) is 42.4 Å². The van der Waals surface area contributed by atoms with Crippen molar-refractivity contribution in [2.45, 2.75) is 52.6 Å². The molecule has 3 heteroatoms. The van der Waals surface area contributed by atoms with E-state index in [4.69, 9.17) is 0 Å². The van der Waals surface area contributed by atoms with Crippen molar-refractivity contribution in [3.8, 4) is 0 Å². The van der Waals surface area contributed by atoms with Crippen LogP contribution in [0, 0.1) is 17.8 Å². The summed E-state index contributed by atoms with van der Waals surface area (Å²) in [5, 5.41) is 15.1. The van der Waals surface area contributed by atoms with Crippen LogP contribution in [0.2, 0.25) is 0 Å². The first kappa shape index (κ1) is 13.6. The summed E-state index contributed by atoms with van der Waals surface area (Å²) in [6.45, 7) is 6.74. The lowest BCUT2D eigenvalue weighted by Crippen LogP contribution is -2.25. The Kier molecular flexibility index (Phi) is 4.10. The second kappa shape index (κ2) is 5.43. The third-order valence-corrected chi connectivity index (χ3v) is 4.68. The molecule has 1 aliphatic rings. The molecule has 1 N–H and O–H groups in total. The molecule has 3 nitrogen and oxygen atoms in total. The number of aliphatic hydroxyl groups excluding tert-OH is 1. The van der Waals surface area contributed by atoms with Gasteiger partial charge in [0.25, 0.3) is 0 Å². The van der Waals surface area contributed by atoms with Crippen molar-refractivity contribution in [2.75, 3.05) is 0 Å². The highest BCUT2D eigenvalue weighted by Crippen LogP contribution is 2.40. The summed E-state index contributed by atoms with van der Waals surface area (Å²) in [7, 11) is 1.93. The van der Waals surface area contributed by atoms with Crippen LogP contribution in [0.15, 0.2) is 6.20 Å². The average molecular weight is 250 g/mol. The van der Waals surface area contributed by atoms with Crippen molar-refractivity contribution in [1.29, 1.82) is 0 Å². The molecule has 0 aromatic carbocycles. The van der Waals surface area contributed by atoms with Gasteiger partial charge >= 0.3 is 0 Å². The van der Waals surface area contributed by atoms with Gasteiger partial charge < -0.3 is 5.11 Å². The first-order valence-corrected chi connectivity index (χ1v) is 7.23. The maximum absolute atomic E-state index is 10.6. The van der Waals surface area contributed by atoms with Gasteiger partial charge in [-0.05, 0) is 37.0 Å². The Hall–Kier alpha value is -0.830. The summed E-state index contributed by atoms with van der Waals surface area (Å²) in [5.74, 6) is 1.93. The molecule has 0 bridgehead atoms. The summed E-state index contributed by atoms with van der Waals surface area (Å²) in [4.78, 5) is 0. The predicted octanol–water partition coefficient (Wildman–Crippen LogP) is 3.09. The topological polar surface area (TPSA) is 38.0 Å². The lowest BCUT2D eigenvalue weighted by atomic mass is 9.73. The molecule has 0 spiro atoms. The van der Waals surface area contributed by atoms with E-state index < -0.39 is 0 Å². The van der Waals surface area contributed by atoms with E-state index in [9.17, 15) is 5.11 Å². The van der Waals surface area contributed by atoms with Crippen molar-refractivity contribution in [3.63, 3.8) is 0 Å². The minimum atomic E-state index is -0.330. The molecule has 1 saturated carbocycles. The normalized spacial score (nSPS) is 30.4. The minimum Gasteiger partial charge on any atom is -0.388 e. The van der Waals surface area contributed by atoms with Gasteiger partial charge in [-0.15, -0.1) is 0 Å². The van der Waals surface area contributed by atoms with Gasteiger partial charge in [-0.1, -0.05) is 27.2 Å². The van der Waals surface area contributed by atoms with Gasteiger partial charge in [0.2, 0.25) is 0 Å². The second-order valence-corrected chi connectivity index (χ2v) is 6.03. The molecule has 1 heterocycles. The number of nitrogens with zero attached hydrogens (tertiary/aromatic N) is 2. The van der Waals surface area contributed by atoms with Crippen molar-refractivity contribution in [3.05, 3.63) is 17.5 Å². The van der Waals surface area contributed by atoms with E-state index >= 15 is 0 Å². The zero-order valence-electron chi connectivity index (χ0n) is 12.1. The molecule has 1 fully saturated rings. The third kappa shape index (κ3) is 2.61. The van der Waals surface area contributed by atoms with E-state index in [1.165, 1.54) is 6.42 Å². The van der Waals surface area contributed by atoms with Gasteiger partial charge in [-0.2, -0.15) is 5.10 Å². The smallest absolute Gasteiger partial charge is 0.0851 e. The lowest BCUT2D eigenvalue weighted by Gasteiger charge is -2.34. The monoisotopic (exact) mass is 250 g/mol. The summed E-state index contributed by atoms with van der Waals surface area (Å²) in [6.07, 6.45) is 6.08. The predicted molar refractivity (Wildman–Crippen MR) is 73.2 cm³/mol. The van der Waals surface area contributed by atoms with E-state index in [2.05, 4.69) is 25.9 Å². The number of rotatable bonds is 3. The molecule has 102 valence electrons. The Balaban J connectivity index is 2.13. The average Bonchev–Trinajstić information content (AvgIpc) is 2.73. The minimum absolute atomic E-state index is 0.330. The summed E-state index contributed by atoms with van der Waals surface area (Å²) >= 11 is 0. The first-order chi connectivity index (χ1) is 8.52. The Morgan fingerprint density at radius 3 is 2.72 bits per heavy atom. The highest BCUT2D eigenvalue weighted by Gasteiger charge is 2.31. The molecule has 1 aliphatic carbocycles. The fraction of sp³-hybridized carbons (Fsp3) is 0.800. The molecule has 2 rings (SSSR count). The SMILES string of the molecule is CCc1nn(C)cc1C(O)C1CCC(C)C(C)C1. The summed E-state index contributed by atoms with van der Waals surface area (Å²) in [6, 6.07) is 0. The van der Waals surface area contributed by atoms with Crippen molar-refractivity contribution in [2.24, 2.45) is 24.8 Å². The Bertz CT molecular complexity index is 399. The molecule has 18 heavy (non-hydrogen) atoms. The quantitative estimate of drug-likeness (QED) is 0.895. The standard InChI is InChI=1S/C15H26N2O/c1-5-14-13(9-17(4)16-14)15(18)12-7-6-10(2)11(3)8-12/h9-12,15,18H,5-8H2,1-4H3. The zero-order valence-corrected chi connectivity index (χ0v) is 12.1. The highest BCUT2D eigenvalue weighted by atomic mass is 16.3. The number of hydrogen-bond donors (Lipinski definition) is 1. The van der Waals surface area contributed by atoms with Gasteiger partial charge in [0.1, 0.15) is 0 Å². The van der Waals surface area contributed by atoms with Crippen molar-refractivity contribution in [1.82, 2.24) is 9.78 Å².